The van der Waals surface area contributed by atoms with Gasteiger partial charge in [0.15, 0.2) is 15.6 Å². The lowest BCUT2D eigenvalue weighted by Crippen LogP contribution is -2.27. The SMILES string of the molecule is CC(C(=O)Cc1ccnc2ccccc12)S(C)(=O)=O. The van der Waals surface area contributed by atoms with Crippen LogP contribution in [0.3, 0.4) is 0 Å². The summed E-state index contributed by atoms with van der Waals surface area (Å²) in [6, 6.07) is 9.26. The quantitative estimate of drug-likeness (QED) is 0.854. The highest BCUT2D eigenvalue weighted by molar-refractivity contribution is 7.92. The van der Waals surface area contributed by atoms with E-state index in [1.54, 1.807) is 12.3 Å². The third-order valence-corrected chi connectivity index (χ3v) is 4.75. The number of para-hydroxylation sites is 1. The monoisotopic (exact) mass is 277 g/mol. The Balaban J connectivity index is 2.35. The van der Waals surface area contributed by atoms with Crippen LogP contribution in [0, 0.1) is 0 Å². The number of ketones is 1. The molecule has 1 heterocycles. The van der Waals surface area contributed by atoms with Crippen molar-refractivity contribution in [2.45, 2.75) is 18.6 Å². The summed E-state index contributed by atoms with van der Waals surface area (Å²) < 4.78 is 22.8. The molecule has 0 radical (unpaired) electrons. The first-order valence-electron chi connectivity index (χ1n) is 5.94. The molecule has 0 amide bonds. The number of rotatable bonds is 4. The number of hydrogen-bond acceptors (Lipinski definition) is 4. The molecule has 19 heavy (non-hydrogen) atoms. The summed E-state index contributed by atoms with van der Waals surface area (Å²) in [7, 11) is -3.34. The van der Waals surface area contributed by atoms with E-state index in [0.29, 0.717) is 0 Å². The Labute approximate surface area is 112 Å². The summed E-state index contributed by atoms with van der Waals surface area (Å²) in [5, 5.41) is -0.0847. The van der Waals surface area contributed by atoms with Gasteiger partial charge in [0.25, 0.3) is 0 Å². The highest BCUT2D eigenvalue weighted by Gasteiger charge is 2.23. The molecule has 2 aromatic rings. The lowest BCUT2D eigenvalue weighted by Gasteiger charge is -2.09. The van der Waals surface area contributed by atoms with Crippen molar-refractivity contribution in [2.75, 3.05) is 6.26 Å². The second-order valence-electron chi connectivity index (χ2n) is 4.60. The second-order valence-corrected chi connectivity index (χ2v) is 6.97. The number of fused-ring (bicyclic) bond motifs is 1. The molecule has 2 rings (SSSR count). The minimum Gasteiger partial charge on any atom is -0.298 e. The number of carbonyl (C=O) groups is 1. The van der Waals surface area contributed by atoms with E-state index in [0.717, 1.165) is 22.7 Å². The molecule has 0 aliphatic heterocycles. The van der Waals surface area contributed by atoms with Gasteiger partial charge in [-0.05, 0) is 24.6 Å². The molecule has 1 atom stereocenters. The van der Waals surface area contributed by atoms with Crippen LogP contribution in [-0.2, 0) is 21.1 Å². The van der Waals surface area contributed by atoms with Crippen LogP contribution in [0.4, 0.5) is 0 Å². The van der Waals surface area contributed by atoms with Gasteiger partial charge in [-0.2, -0.15) is 0 Å². The van der Waals surface area contributed by atoms with Gasteiger partial charge in [0, 0.05) is 24.3 Å². The van der Waals surface area contributed by atoms with Crippen LogP contribution in [0.1, 0.15) is 12.5 Å². The van der Waals surface area contributed by atoms with E-state index in [4.69, 9.17) is 0 Å². The van der Waals surface area contributed by atoms with E-state index in [9.17, 15) is 13.2 Å². The Morgan fingerprint density at radius 1 is 1.26 bits per heavy atom. The highest BCUT2D eigenvalue weighted by atomic mass is 32.2. The third-order valence-electron chi connectivity index (χ3n) is 3.20. The van der Waals surface area contributed by atoms with Crippen molar-refractivity contribution in [3.8, 4) is 0 Å². The molecule has 0 fully saturated rings. The topological polar surface area (TPSA) is 64.1 Å². The second kappa shape index (κ2) is 5.09. The maximum Gasteiger partial charge on any atom is 0.157 e. The van der Waals surface area contributed by atoms with Gasteiger partial charge in [-0.25, -0.2) is 8.42 Å². The van der Waals surface area contributed by atoms with Crippen molar-refractivity contribution in [3.05, 3.63) is 42.1 Å². The minimum absolute atomic E-state index is 0.108. The normalized spacial score (nSPS) is 13.4. The number of Topliss-reactive ketones (excluding diaryl/α,β-unsaturated/α-hetero) is 1. The molecule has 0 bridgehead atoms. The Morgan fingerprint density at radius 3 is 2.63 bits per heavy atom. The van der Waals surface area contributed by atoms with E-state index in [1.807, 2.05) is 24.3 Å². The van der Waals surface area contributed by atoms with Crippen LogP contribution >= 0.6 is 0 Å². The van der Waals surface area contributed by atoms with Crippen LogP contribution in [-0.4, -0.2) is 30.7 Å². The average Bonchev–Trinajstić information content (AvgIpc) is 2.37. The molecule has 0 saturated heterocycles. The van der Waals surface area contributed by atoms with Crippen molar-refractivity contribution in [2.24, 2.45) is 0 Å². The molecule has 0 aliphatic rings. The van der Waals surface area contributed by atoms with E-state index in [1.165, 1.54) is 6.92 Å². The number of nitrogens with zero attached hydrogens (tertiary/aromatic N) is 1. The maximum absolute atomic E-state index is 12.0. The summed E-state index contributed by atoms with van der Waals surface area (Å²) in [5.74, 6) is -0.293. The van der Waals surface area contributed by atoms with Gasteiger partial charge in [0.1, 0.15) is 5.25 Å². The summed E-state index contributed by atoms with van der Waals surface area (Å²) in [5.41, 5.74) is 1.62. The van der Waals surface area contributed by atoms with Gasteiger partial charge in [-0.3, -0.25) is 9.78 Å². The largest absolute Gasteiger partial charge is 0.298 e. The highest BCUT2D eigenvalue weighted by Crippen LogP contribution is 2.18. The first-order valence-corrected chi connectivity index (χ1v) is 7.89. The Hall–Kier alpha value is -1.75. The van der Waals surface area contributed by atoms with Crippen molar-refractivity contribution >= 4 is 26.5 Å². The van der Waals surface area contributed by atoms with Gasteiger partial charge in [0.2, 0.25) is 0 Å². The fraction of sp³-hybridized carbons (Fsp3) is 0.286. The van der Waals surface area contributed by atoms with Crippen molar-refractivity contribution in [1.82, 2.24) is 4.98 Å². The number of sulfone groups is 1. The first kappa shape index (κ1) is 13.7. The standard InChI is InChI=1S/C14H15NO3S/c1-10(19(2,17)18)14(16)9-11-7-8-15-13-6-4-3-5-12(11)13/h3-8,10H,9H2,1-2H3. The molecule has 1 aromatic carbocycles. The number of pyridine rings is 1. The third kappa shape index (κ3) is 2.98. The van der Waals surface area contributed by atoms with E-state index in [-0.39, 0.29) is 12.2 Å². The lowest BCUT2D eigenvalue weighted by molar-refractivity contribution is -0.117. The number of aromatic nitrogens is 1. The Kier molecular flexibility index (Phi) is 3.66. The van der Waals surface area contributed by atoms with E-state index in [2.05, 4.69) is 4.98 Å². The zero-order valence-corrected chi connectivity index (χ0v) is 11.6. The van der Waals surface area contributed by atoms with Crippen LogP contribution < -0.4 is 0 Å². The van der Waals surface area contributed by atoms with Crippen LogP contribution in [0.25, 0.3) is 10.9 Å². The van der Waals surface area contributed by atoms with Crippen molar-refractivity contribution < 1.29 is 13.2 Å². The van der Waals surface area contributed by atoms with Crippen LogP contribution in [0.5, 0.6) is 0 Å². The molecule has 0 aliphatic carbocycles. The smallest absolute Gasteiger partial charge is 0.157 e. The molecule has 1 unspecified atom stereocenters. The summed E-state index contributed by atoms with van der Waals surface area (Å²) in [6.07, 6.45) is 2.83. The van der Waals surface area contributed by atoms with Crippen LogP contribution in [0.15, 0.2) is 36.5 Å². The molecule has 5 heteroatoms. The van der Waals surface area contributed by atoms with Crippen LogP contribution in [0.2, 0.25) is 0 Å². The van der Waals surface area contributed by atoms with Gasteiger partial charge in [-0.1, -0.05) is 18.2 Å². The Bertz CT molecular complexity index is 717. The van der Waals surface area contributed by atoms with E-state index >= 15 is 0 Å². The van der Waals surface area contributed by atoms with Gasteiger partial charge in [0.05, 0.1) is 5.52 Å². The van der Waals surface area contributed by atoms with E-state index < -0.39 is 15.1 Å². The zero-order chi connectivity index (χ0) is 14.0. The fourth-order valence-electron chi connectivity index (χ4n) is 1.88. The summed E-state index contributed by atoms with van der Waals surface area (Å²) >= 11 is 0. The summed E-state index contributed by atoms with van der Waals surface area (Å²) in [4.78, 5) is 16.2. The number of hydrogen-bond donors (Lipinski definition) is 0. The zero-order valence-electron chi connectivity index (χ0n) is 10.8. The molecule has 100 valence electrons. The first-order chi connectivity index (χ1) is 8.89. The van der Waals surface area contributed by atoms with Gasteiger partial charge < -0.3 is 0 Å². The molecule has 0 saturated carbocycles. The summed E-state index contributed by atoms with van der Waals surface area (Å²) in [6.45, 7) is 1.43. The molecule has 0 N–H and O–H groups in total. The number of carbonyl (C=O) groups excluding carboxylic acids is 1. The lowest BCUT2D eigenvalue weighted by atomic mass is 10.0. The van der Waals surface area contributed by atoms with Crippen molar-refractivity contribution in [3.63, 3.8) is 0 Å². The Morgan fingerprint density at radius 2 is 1.95 bits per heavy atom. The maximum atomic E-state index is 12.0. The van der Waals surface area contributed by atoms with Gasteiger partial charge in [-0.15, -0.1) is 0 Å². The molecular weight excluding hydrogens is 262 g/mol. The van der Waals surface area contributed by atoms with Crippen molar-refractivity contribution in [1.29, 1.82) is 0 Å². The fourth-order valence-corrected chi connectivity index (χ4v) is 2.44. The number of benzene rings is 1. The average molecular weight is 277 g/mol. The molecule has 1 aromatic heterocycles. The minimum atomic E-state index is -3.34. The van der Waals surface area contributed by atoms with Gasteiger partial charge >= 0.3 is 0 Å². The predicted octanol–water partition coefficient (Wildman–Crippen LogP) is 1.78. The molecular formula is C14H15NO3S. The molecule has 0 spiro atoms. The predicted molar refractivity (Wildman–Crippen MR) is 74.8 cm³/mol. The molecule has 4 nitrogen and oxygen atoms in total.